The number of benzene rings is 1. The Bertz CT molecular complexity index is 565. The smallest absolute Gasteiger partial charge is 0.238 e. The van der Waals surface area contributed by atoms with Gasteiger partial charge in [0.05, 0.1) is 4.47 Å². The van der Waals surface area contributed by atoms with Crippen molar-refractivity contribution in [2.45, 2.75) is 6.92 Å². The number of halogens is 3. The van der Waals surface area contributed by atoms with Gasteiger partial charge in [0.2, 0.25) is 11.2 Å². The Morgan fingerprint density at radius 1 is 1.41 bits per heavy atom. The zero-order chi connectivity index (χ0) is 12.4. The van der Waals surface area contributed by atoms with Crippen LogP contribution in [-0.4, -0.2) is 9.97 Å². The highest BCUT2D eigenvalue weighted by molar-refractivity contribution is 9.10. The summed E-state index contributed by atoms with van der Waals surface area (Å²) in [5.74, 6) is -0.149. The number of nitrogens with zero attached hydrogens (tertiary/aromatic N) is 2. The van der Waals surface area contributed by atoms with Crippen LogP contribution in [0.4, 0.5) is 4.39 Å². The van der Waals surface area contributed by atoms with Gasteiger partial charge in [0.25, 0.3) is 0 Å². The molecule has 1 aromatic heterocycles. The first kappa shape index (κ1) is 12.3. The van der Waals surface area contributed by atoms with Gasteiger partial charge in [-0.25, -0.2) is 9.37 Å². The number of hydrogen-bond acceptors (Lipinski definition) is 3. The molecule has 2 rings (SSSR count). The minimum atomic E-state index is -0.422. The van der Waals surface area contributed by atoms with Gasteiger partial charge in [-0.3, -0.25) is 0 Å². The Kier molecular flexibility index (Phi) is 3.59. The van der Waals surface area contributed by atoms with Crippen molar-refractivity contribution in [1.82, 2.24) is 9.97 Å². The van der Waals surface area contributed by atoms with Gasteiger partial charge in [-0.15, -0.1) is 0 Å². The Morgan fingerprint density at radius 3 is 2.94 bits per heavy atom. The average molecular weight is 318 g/mol. The quantitative estimate of drug-likeness (QED) is 0.781. The highest BCUT2D eigenvalue weighted by atomic mass is 79.9. The molecule has 88 valence electrons. The molecule has 1 aromatic carbocycles. The molecule has 0 atom stereocenters. The van der Waals surface area contributed by atoms with Gasteiger partial charge in [-0.2, -0.15) is 4.98 Å². The lowest BCUT2D eigenvalue weighted by Gasteiger charge is -2.08. The summed E-state index contributed by atoms with van der Waals surface area (Å²) in [4.78, 5) is 7.61. The molecule has 1 heterocycles. The molecule has 0 aliphatic carbocycles. The molecule has 0 aliphatic heterocycles. The van der Waals surface area contributed by atoms with E-state index < -0.39 is 5.82 Å². The van der Waals surface area contributed by atoms with Gasteiger partial charge in [0.15, 0.2) is 11.6 Å². The lowest BCUT2D eigenvalue weighted by molar-refractivity contribution is 0.422. The third-order valence-corrected chi connectivity index (χ3v) is 2.77. The molecule has 0 aliphatic rings. The number of aryl methyl sites for hydroxylation is 1. The molecule has 0 radical (unpaired) electrons. The molecule has 6 heteroatoms. The lowest BCUT2D eigenvalue weighted by atomic mass is 10.2. The second-order valence-corrected chi connectivity index (χ2v) is 4.47. The molecule has 0 amide bonds. The Labute approximate surface area is 111 Å². The summed E-state index contributed by atoms with van der Waals surface area (Å²) in [7, 11) is 0. The largest absolute Gasteiger partial charge is 0.435 e. The van der Waals surface area contributed by atoms with E-state index in [0.29, 0.717) is 10.0 Å². The number of rotatable bonds is 2. The first-order valence-electron chi connectivity index (χ1n) is 4.69. The molecule has 0 saturated heterocycles. The molecule has 2 aromatic rings. The van der Waals surface area contributed by atoms with E-state index in [0.717, 1.165) is 0 Å². The molecule has 17 heavy (non-hydrogen) atoms. The van der Waals surface area contributed by atoms with Crippen LogP contribution in [0.1, 0.15) is 5.56 Å². The van der Waals surface area contributed by atoms with E-state index in [1.807, 2.05) is 0 Å². The van der Waals surface area contributed by atoms with Crippen molar-refractivity contribution in [3.63, 3.8) is 0 Å². The monoisotopic (exact) mass is 316 g/mol. The predicted octanol–water partition coefficient (Wildman–Crippen LogP) is 4.13. The van der Waals surface area contributed by atoms with E-state index in [4.69, 9.17) is 16.3 Å². The Hall–Kier alpha value is -1.20. The summed E-state index contributed by atoms with van der Waals surface area (Å²) in [6.07, 6.45) is 1.44. The summed E-state index contributed by atoms with van der Waals surface area (Å²) in [6, 6.07) is 4.87. The minimum absolute atomic E-state index is 0.0382. The third-order valence-electron chi connectivity index (χ3n) is 2.05. The van der Waals surface area contributed by atoms with Gasteiger partial charge in [-0.1, -0.05) is 12.1 Å². The third kappa shape index (κ3) is 2.73. The van der Waals surface area contributed by atoms with Crippen LogP contribution in [0.3, 0.4) is 0 Å². The zero-order valence-corrected chi connectivity index (χ0v) is 11.1. The van der Waals surface area contributed by atoms with Crippen molar-refractivity contribution in [1.29, 1.82) is 0 Å². The Balaban J connectivity index is 2.38. The van der Waals surface area contributed by atoms with Crippen LogP contribution in [-0.2, 0) is 0 Å². The molecule has 0 unspecified atom stereocenters. The maximum atomic E-state index is 13.7. The van der Waals surface area contributed by atoms with Crippen LogP contribution in [0, 0.1) is 12.7 Å². The second-order valence-electron chi connectivity index (χ2n) is 3.28. The van der Waals surface area contributed by atoms with E-state index in [-0.39, 0.29) is 16.9 Å². The SMILES string of the molecule is Cc1cccc(Oc2nc(Cl)ncc2Br)c1F. The van der Waals surface area contributed by atoms with Crippen LogP contribution in [0.2, 0.25) is 5.28 Å². The van der Waals surface area contributed by atoms with E-state index in [9.17, 15) is 4.39 Å². The first-order chi connectivity index (χ1) is 8.08. The number of ether oxygens (including phenoxy) is 1. The van der Waals surface area contributed by atoms with E-state index in [1.165, 1.54) is 12.3 Å². The summed E-state index contributed by atoms with van der Waals surface area (Å²) < 4.78 is 19.5. The molecule has 0 saturated carbocycles. The molecular weight excluding hydrogens is 310 g/mol. The molecule has 0 N–H and O–H groups in total. The van der Waals surface area contributed by atoms with Gasteiger partial charge >= 0.3 is 0 Å². The Morgan fingerprint density at radius 2 is 2.18 bits per heavy atom. The van der Waals surface area contributed by atoms with Crippen LogP contribution in [0.15, 0.2) is 28.9 Å². The first-order valence-corrected chi connectivity index (χ1v) is 5.86. The highest BCUT2D eigenvalue weighted by Gasteiger charge is 2.11. The summed E-state index contributed by atoms with van der Waals surface area (Å²) in [5, 5.41) is 0.0382. The van der Waals surface area contributed by atoms with Crippen LogP contribution < -0.4 is 4.74 Å². The van der Waals surface area contributed by atoms with Crippen LogP contribution in [0.25, 0.3) is 0 Å². The van der Waals surface area contributed by atoms with Gasteiger partial charge < -0.3 is 4.74 Å². The van der Waals surface area contributed by atoms with Gasteiger partial charge in [0, 0.05) is 6.20 Å². The number of hydrogen-bond donors (Lipinski definition) is 0. The lowest BCUT2D eigenvalue weighted by Crippen LogP contribution is -1.95. The normalized spacial score (nSPS) is 10.4. The molecule has 0 bridgehead atoms. The number of aromatic nitrogens is 2. The molecule has 3 nitrogen and oxygen atoms in total. The van der Waals surface area contributed by atoms with Crippen molar-refractivity contribution < 1.29 is 9.13 Å². The van der Waals surface area contributed by atoms with Crippen molar-refractivity contribution in [2.24, 2.45) is 0 Å². The van der Waals surface area contributed by atoms with E-state index in [1.54, 1.807) is 19.1 Å². The van der Waals surface area contributed by atoms with Crippen molar-refractivity contribution in [2.75, 3.05) is 0 Å². The summed E-state index contributed by atoms with van der Waals surface area (Å²) in [5.41, 5.74) is 0.499. The predicted molar refractivity (Wildman–Crippen MR) is 66.0 cm³/mol. The maximum absolute atomic E-state index is 13.7. The van der Waals surface area contributed by atoms with E-state index in [2.05, 4.69) is 25.9 Å². The fraction of sp³-hybridized carbons (Fsp3) is 0.0909. The van der Waals surface area contributed by atoms with Crippen molar-refractivity contribution in [3.05, 3.63) is 45.5 Å². The van der Waals surface area contributed by atoms with Crippen molar-refractivity contribution in [3.8, 4) is 11.6 Å². The minimum Gasteiger partial charge on any atom is -0.435 e. The molecule has 0 fully saturated rings. The van der Waals surface area contributed by atoms with Gasteiger partial charge in [-0.05, 0) is 46.1 Å². The fourth-order valence-electron chi connectivity index (χ4n) is 1.21. The highest BCUT2D eigenvalue weighted by Crippen LogP contribution is 2.30. The van der Waals surface area contributed by atoms with Gasteiger partial charge in [0.1, 0.15) is 0 Å². The second kappa shape index (κ2) is 4.98. The van der Waals surface area contributed by atoms with E-state index >= 15 is 0 Å². The van der Waals surface area contributed by atoms with Crippen LogP contribution >= 0.6 is 27.5 Å². The molecular formula is C11H7BrClFN2O. The van der Waals surface area contributed by atoms with Crippen LogP contribution in [0.5, 0.6) is 11.6 Å². The molecule has 0 spiro atoms. The fourth-order valence-corrected chi connectivity index (χ4v) is 1.60. The average Bonchev–Trinajstić information content (AvgIpc) is 2.30. The maximum Gasteiger partial charge on any atom is 0.238 e. The summed E-state index contributed by atoms with van der Waals surface area (Å²) in [6.45, 7) is 1.66. The van der Waals surface area contributed by atoms with Crippen molar-refractivity contribution >= 4 is 27.5 Å². The topological polar surface area (TPSA) is 35.0 Å². The standard InChI is InChI=1S/C11H7BrClFN2O/c1-6-3-2-4-8(9(6)14)17-10-7(12)5-15-11(13)16-10/h2-5H,1H3. The summed E-state index contributed by atoms with van der Waals surface area (Å²) >= 11 is 8.84. The zero-order valence-electron chi connectivity index (χ0n) is 8.75.